The average Bonchev–Trinajstić information content (AvgIpc) is 2.36. The number of hydrogen-bond donors (Lipinski definition) is 1. The van der Waals surface area contributed by atoms with Crippen molar-refractivity contribution in [2.24, 2.45) is 0 Å². The third kappa shape index (κ3) is 5.84. The lowest BCUT2D eigenvalue weighted by Gasteiger charge is -2.34. The summed E-state index contributed by atoms with van der Waals surface area (Å²) in [5.41, 5.74) is 0. The molecule has 1 N–H and O–H groups in total. The van der Waals surface area contributed by atoms with E-state index in [4.69, 9.17) is 4.74 Å². The van der Waals surface area contributed by atoms with Crippen molar-refractivity contribution in [3.8, 4) is 0 Å². The highest BCUT2D eigenvalue weighted by Gasteiger charge is 2.21. The SMILES string of the molecule is CCCNC(CCC)CN1CCCC(OC)C1. The Morgan fingerprint density at radius 3 is 2.82 bits per heavy atom. The summed E-state index contributed by atoms with van der Waals surface area (Å²) in [5, 5.41) is 3.67. The van der Waals surface area contributed by atoms with E-state index in [1.165, 1.54) is 45.2 Å². The van der Waals surface area contributed by atoms with Crippen molar-refractivity contribution in [3.63, 3.8) is 0 Å². The second-order valence-corrected chi connectivity index (χ2v) is 5.20. The molecule has 0 spiro atoms. The predicted octanol–water partition coefficient (Wildman–Crippen LogP) is 2.27. The zero-order valence-corrected chi connectivity index (χ0v) is 11.9. The first-order chi connectivity index (χ1) is 8.30. The van der Waals surface area contributed by atoms with Crippen molar-refractivity contribution in [2.45, 2.75) is 58.1 Å². The highest BCUT2D eigenvalue weighted by atomic mass is 16.5. The highest BCUT2D eigenvalue weighted by molar-refractivity contribution is 4.78. The second kappa shape index (κ2) is 8.90. The van der Waals surface area contributed by atoms with Crippen molar-refractivity contribution in [1.82, 2.24) is 10.2 Å². The third-order valence-corrected chi connectivity index (χ3v) is 3.59. The van der Waals surface area contributed by atoms with Crippen LogP contribution in [-0.2, 0) is 4.74 Å². The highest BCUT2D eigenvalue weighted by Crippen LogP contribution is 2.13. The molecular formula is C14H30N2O. The van der Waals surface area contributed by atoms with Crippen LogP contribution in [0.5, 0.6) is 0 Å². The fraction of sp³-hybridized carbons (Fsp3) is 1.00. The summed E-state index contributed by atoms with van der Waals surface area (Å²) in [4.78, 5) is 2.57. The number of piperidine rings is 1. The Hall–Kier alpha value is -0.120. The molecular weight excluding hydrogens is 212 g/mol. The fourth-order valence-electron chi connectivity index (χ4n) is 2.64. The van der Waals surface area contributed by atoms with Crippen molar-refractivity contribution in [3.05, 3.63) is 0 Å². The molecule has 1 aliphatic rings. The number of ether oxygens (including phenoxy) is 1. The van der Waals surface area contributed by atoms with E-state index in [0.717, 1.165) is 13.1 Å². The van der Waals surface area contributed by atoms with Gasteiger partial charge in [0.1, 0.15) is 0 Å². The minimum Gasteiger partial charge on any atom is -0.380 e. The van der Waals surface area contributed by atoms with Crippen LogP contribution in [0.1, 0.15) is 46.0 Å². The molecule has 3 heteroatoms. The van der Waals surface area contributed by atoms with E-state index in [9.17, 15) is 0 Å². The van der Waals surface area contributed by atoms with E-state index >= 15 is 0 Å². The van der Waals surface area contributed by atoms with Crippen LogP contribution in [0.2, 0.25) is 0 Å². The monoisotopic (exact) mass is 242 g/mol. The van der Waals surface area contributed by atoms with Crippen LogP contribution < -0.4 is 5.32 Å². The smallest absolute Gasteiger partial charge is 0.0698 e. The minimum absolute atomic E-state index is 0.456. The summed E-state index contributed by atoms with van der Waals surface area (Å²) in [7, 11) is 1.84. The van der Waals surface area contributed by atoms with Crippen molar-refractivity contribution in [2.75, 3.05) is 33.3 Å². The standard InChI is InChI=1S/C14H30N2O/c1-4-7-13(15-9-5-2)11-16-10-6-8-14(12-16)17-3/h13-15H,4-12H2,1-3H3. The summed E-state index contributed by atoms with van der Waals surface area (Å²) in [5.74, 6) is 0. The fourth-order valence-corrected chi connectivity index (χ4v) is 2.64. The van der Waals surface area contributed by atoms with Crippen molar-refractivity contribution in [1.29, 1.82) is 0 Å². The largest absolute Gasteiger partial charge is 0.380 e. The molecule has 1 heterocycles. The van der Waals surface area contributed by atoms with Crippen LogP contribution in [-0.4, -0.2) is 50.3 Å². The molecule has 17 heavy (non-hydrogen) atoms. The Kier molecular flexibility index (Phi) is 7.82. The van der Waals surface area contributed by atoms with Gasteiger partial charge >= 0.3 is 0 Å². The number of hydrogen-bond acceptors (Lipinski definition) is 3. The number of rotatable bonds is 8. The molecule has 0 aromatic rings. The quantitative estimate of drug-likeness (QED) is 0.706. The molecule has 0 aromatic carbocycles. The van der Waals surface area contributed by atoms with Gasteiger partial charge in [0.25, 0.3) is 0 Å². The van der Waals surface area contributed by atoms with Gasteiger partial charge in [0.15, 0.2) is 0 Å². The molecule has 0 aliphatic carbocycles. The zero-order valence-electron chi connectivity index (χ0n) is 11.9. The van der Waals surface area contributed by atoms with Gasteiger partial charge in [-0.1, -0.05) is 20.3 Å². The first-order valence-corrected chi connectivity index (χ1v) is 7.28. The predicted molar refractivity (Wildman–Crippen MR) is 73.5 cm³/mol. The van der Waals surface area contributed by atoms with Crippen LogP contribution >= 0.6 is 0 Å². The molecule has 1 aliphatic heterocycles. The molecule has 3 nitrogen and oxygen atoms in total. The van der Waals surface area contributed by atoms with Gasteiger partial charge in [-0.3, -0.25) is 4.90 Å². The second-order valence-electron chi connectivity index (χ2n) is 5.20. The van der Waals surface area contributed by atoms with E-state index in [0.29, 0.717) is 12.1 Å². The summed E-state index contributed by atoms with van der Waals surface area (Å²) < 4.78 is 5.48. The van der Waals surface area contributed by atoms with Gasteiger partial charge in [-0.25, -0.2) is 0 Å². The molecule has 0 saturated carbocycles. The van der Waals surface area contributed by atoms with Crippen LogP contribution in [0, 0.1) is 0 Å². The molecule has 2 unspecified atom stereocenters. The van der Waals surface area contributed by atoms with Crippen LogP contribution in [0.4, 0.5) is 0 Å². The molecule has 1 saturated heterocycles. The van der Waals surface area contributed by atoms with Crippen molar-refractivity contribution >= 4 is 0 Å². The summed E-state index contributed by atoms with van der Waals surface area (Å²) in [6.45, 7) is 9.20. The Bertz CT molecular complexity index is 185. The zero-order chi connectivity index (χ0) is 12.5. The first-order valence-electron chi connectivity index (χ1n) is 7.28. The molecule has 1 rings (SSSR count). The van der Waals surface area contributed by atoms with Gasteiger partial charge < -0.3 is 10.1 Å². The average molecular weight is 242 g/mol. The number of nitrogens with one attached hydrogen (secondary N) is 1. The lowest BCUT2D eigenvalue weighted by molar-refractivity contribution is 0.0278. The Morgan fingerprint density at radius 2 is 2.18 bits per heavy atom. The van der Waals surface area contributed by atoms with Gasteiger partial charge in [0.05, 0.1) is 6.10 Å². The Labute approximate surface area is 107 Å². The molecule has 0 amide bonds. The van der Waals surface area contributed by atoms with Gasteiger partial charge in [0, 0.05) is 26.2 Å². The first kappa shape index (κ1) is 14.9. The topological polar surface area (TPSA) is 24.5 Å². The Morgan fingerprint density at radius 1 is 1.35 bits per heavy atom. The lowest BCUT2D eigenvalue weighted by atomic mass is 10.1. The maximum atomic E-state index is 5.48. The minimum atomic E-state index is 0.456. The molecule has 0 aromatic heterocycles. The maximum Gasteiger partial charge on any atom is 0.0698 e. The summed E-state index contributed by atoms with van der Waals surface area (Å²) >= 11 is 0. The van der Waals surface area contributed by atoms with E-state index < -0.39 is 0 Å². The van der Waals surface area contributed by atoms with Gasteiger partial charge in [-0.05, 0) is 38.8 Å². The van der Waals surface area contributed by atoms with E-state index in [2.05, 4.69) is 24.1 Å². The molecule has 2 atom stereocenters. The van der Waals surface area contributed by atoms with Crippen LogP contribution in [0.15, 0.2) is 0 Å². The molecule has 1 fully saturated rings. The van der Waals surface area contributed by atoms with E-state index in [1.54, 1.807) is 0 Å². The molecule has 0 radical (unpaired) electrons. The van der Waals surface area contributed by atoms with Gasteiger partial charge in [-0.2, -0.15) is 0 Å². The van der Waals surface area contributed by atoms with E-state index in [1.807, 2.05) is 7.11 Å². The molecule has 0 bridgehead atoms. The third-order valence-electron chi connectivity index (χ3n) is 3.59. The number of nitrogens with zero attached hydrogens (tertiary/aromatic N) is 1. The summed E-state index contributed by atoms with van der Waals surface area (Å²) in [6.07, 6.45) is 6.74. The van der Waals surface area contributed by atoms with Gasteiger partial charge in [-0.15, -0.1) is 0 Å². The molecule has 102 valence electrons. The van der Waals surface area contributed by atoms with E-state index in [-0.39, 0.29) is 0 Å². The normalized spacial score (nSPS) is 23.8. The lowest BCUT2D eigenvalue weighted by Crippen LogP contribution is -2.47. The summed E-state index contributed by atoms with van der Waals surface area (Å²) in [6, 6.07) is 0.663. The maximum absolute atomic E-state index is 5.48. The van der Waals surface area contributed by atoms with Crippen molar-refractivity contribution < 1.29 is 4.74 Å². The van der Waals surface area contributed by atoms with Gasteiger partial charge in [0.2, 0.25) is 0 Å². The number of methoxy groups -OCH3 is 1. The van der Waals surface area contributed by atoms with Crippen LogP contribution in [0.3, 0.4) is 0 Å². The van der Waals surface area contributed by atoms with Crippen LogP contribution in [0.25, 0.3) is 0 Å². The Balaban J connectivity index is 2.31. The number of likely N-dealkylation sites (tertiary alicyclic amines) is 1.